The van der Waals surface area contributed by atoms with Crippen molar-refractivity contribution in [2.24, 2.45) is 5.92 Å². The molecule has 0 aromatic rings. The molecule has 6 atom stereocenters. The van der Waals surface area contributed by atoms with Gasteiger partial charge in [-0.3, -0.25) is 0 Å². The van der Waals surface area contributed by atoms with Gasteiger partial charge in [0.15, 0.2) is 7.00 Å². The van der Waals surface area contributed by atoms with Gasteiger partial charge in [0.1, 0.15) is 6.10 Å². The van der Waals surface area contributed by atoms with Crippen molar-refractivity contribution in [2.75, 3.05) is 0 Å². The molecule has 2 saturated carbocycles. The van der Waals surface area contributed by atoms with E-state index >= 15 is 0 Å². The molecule has 0 aromatic heterocycles. The minimum absolute atomic E-state index is 0.00873. The van der Waals surface area contributed by atoms with Crippen LogP contribution in [-0.2, 0) is 4.74 Å². The van der Waals surface area contributed by atoms with Gasteiger partial charge in [0.2, 0.25) is 0 Å². The highest BCUT2D eigenvalue weighted by Crippen LogP contribution is 2.64. The van der Waals surface area contributed by atoms with E-state index in [0.717, 1.165) is 6.42 Å². The maximum atomic E-state index is 10.2. The Morgan fingerprint density at radius 1 is 1.31 bits per heavy atom. The number of rotatable bonds is 1. The molecule has 0 aromatic carbocycles. The zero-order chi connectivity index (χ0) is 9.27. The second kappa shape index (κ2) is 2.30. The summed E-state index contributed by atoms with van der Waals surface area (Å²) in [7, 11) is 2.50. The van der Waals surface area contributed by atoms with Gasteiger partial charge in [-0.15, -0.1) is 0 Å². The van der Waals surface area contributed by atoms with E-state index in [-0.39, 0.29) is 18.0 Å². The highest BCUT2D eigenvalue weighted by atomic mass is 31.0. The average Bonchev–Trinajstić information content (AvgIpc) is 2.51. The van der Waals surface area contributed by atoms with E-state index in [1.165, 1.54) is 0 Å². The summed E-state index contributed by atoms with van der Waals surface area (Å²) in [6.07, 6.45) is 1.82. The van der Waals surface area contributed by atoms with Crippen LogP contribution in [0.3, 0.4) is 0 Å². The maximum Gasteiger partial charge on any atom is 0.177 e. The van der Waals surface area contributed by atoms with Crippen LogP contribution in [0.4, 0.5) is 0 Å². The van der Waals surface area contributed by atoms with Gasteiger partial charge < -0.3 is 14.9 Å². The summed E-state index contributed by atoms with van der Waals surface area (Å²) in [5, 5.41) is 20.2. The van der Waals surface area contributed by atoms with Gasteiger partial charge in [-0.1, -0.05) is 0 Å². The Hall–Kier alpha value is 0.375. The van der Waals surface area contributed by atoms with Crippen molar-refractivity contribution < 1.29 is 14.9 Å². The van der Waals surface area contributed by atoms with Gasteiger partial charge in [0, 0.05) is 6.00 Å². The smallest absolute Gasteiger partial charge is 0.177 e. The molecular formula is C8H13BO3P. The van der Waals surface area contributed by atoms with Crippen molar-refractivity contribution in [3.05, 3.63) is 0 Å². The second-order valence-corrected chi connectivity index (χ2v) is 5.04. The first-order valence-corrected chi connectivity index (χ1v) is 5.40. The zero-order valence-electron chi connectivity index (χ0n) is 7.31. The summed E-state index contributed by atoms with van der Waals surface area (Å²) in [6, 6.07) is -0.00873. The Balaban J connectivity index is 1.87. The molecule has 3 fully saturated rings. The van der Waals surface area contributed by atoms with E-state index < -0.39 is 11.2 Å². The van der Waals surface area contributed by atoms with Gasteiger partial charge in [-0.05, 0) is 25.2 Å². The van der Waals surface area contributed by atoms with Crippen molar-refractivity contribution in [2.45, 2.75) is 42.6 Å². The fourth-order valence-electron chi connectivity index (χ4n) is 3.02. The van der Waals surface area contributed by atoms with E-state index in [2.05, 4.69) is 9.12 Å². The van der Waals surface area contributed by atoms with E-state index in [1.54, 1.807) is 0 Å². The second-order valence-electron chi connectivity index (χ2n) is 4.65. The average molecular weight is 199 g/mol. The molecule has 0 bridgehead atoms. The maximum absolute atomic E-state index is 10.2. The van der Waals surface area contributed by atoms with Gasteiger partial charge in [0.25, 0.3) is 0 Å². The summed E-state index contributed by atoms with van der Waals surface area (Å²) in [5.74, 6) is 0.285. The first-order valence-electron chi connectivity index (χ1n) is 4.74. The summed E-state index contributed by atoms with van der Waals surface area (Å²) in [6.45, 7) is 1.87. The van der Waals surface area contributed by atoms with Gasteiger partial charge in [0.05, 0.1) is 11.2 Å². The Morgan fingerprint density at radius 2 is 2.08 bits per heavy atom. The summed E-state index contributed by atoms with van der Waals surface area (Å²) < 4.78 is 5.62. The van der Waals surface area contributed by atoms with Crippen LogP contribution in [0.15, 0.2) is 0 Å². The lowest BCUT2D eigenvalue weighted by Gasteiger charge is -2.25. The molecule has 1 saturated heterocycles. The monoisotopic (exact) mass is 199 g/mol. The normalized spacial score (nSPS) is 63.2. The lowest BCUT2D eigenvalue weighted by molar-refractivity contribution is -0.0874. The first-order chi connectivity index (χ1) is 6.08. The molecule has 2 N–H and O–H groups in total. The van der Waals surface area contributed by atoms with Crippen LogP contribution in [-0.4, -0.2) is 40.5 Å². The third-order valence-corrected chi connectivity index (χ3v) is 4.17. The van der Waals surface area contributed by atoms with Crippen LogP contribution in [0.1, 0.15) is 19.3 Å². The number of hydrogen-bond donors (Lipinski definition) is 2. The molecule has 3 rings (SSSR count). The summed E-state index contributed by atoms with van der Waals surface area (Å²) >= 11 is 0. The third-order valence-electron chi connectivity index (χ3n) is 3.74. The fourth-order valence-corrected chi connectivity index (χ4v) is 3.25. The molecule has 1 radical (unpaired) electrons. The van der Waals surface area contributed by atoms with Crippen LogP contribution in [0, 0.1) is 5.92 Å². The molecule has 0 amide bonds. The molecule has 13 heavy (non-hydrogen) atoms. The van der Waals surface area contributed by atoms with Crippen molar-refractivity contribution in [1.29, 1.82) is 0 Å². The molecule has 2 aliphatic carbocycles. The van der Waals surface area contributed by atoms with Crippen LogP contribution in [0.2, 0.25) is 0 Å². The van der Waals surface area contributed by atoms with Crippen molar-refractivity contribution >= 4 is 16.1 Å². The zero-order valence-corrected chi connectivity index (χ0v) is 8.47. The third kappa shape index (κ3) is 0.954. The minimum atomic E-state index is -0.755. The SMILES string of the molecule is O[C@]12C[C@@H]3C[C@]3(O)[C@H]1O[C@@H]([B]P)C2. The molecule has 3 nitrogen and oxygen atoms in total. The van der Waals surface area contributed by atoms with E-state index in [4.69, 9.17) is 4.74 Å². The molecule has 1 heterocycles. The molecule has 5 heteroatoms. The van der Waals surface area contributed by atoms with Gasteiger partial charge in [-0.25, -0.2) is 0 Å². The van der Waals surface area contributed by atoms with Crippen LogP contribution < -0.4 is 0 Å². The molecule has 1 unspecified atom stereocenters. The lowest BCUT2D eigenvalue weighted by atomic mass is 9.85. The lowest BCUT2D eigenvalue weighted by Crippen LogP contribution is -2.41. The molecule has 3 aliphatic rings. The van der Waals surface area contributed by atoms with Crippen molar-refractivity contribution in [1.82, 2.24) is 0 Å². The number of aliphatic hydroxyl groups is 2. The largest absolute Gasteiger partial charge is 0.387 e. The Labute approximate surface area is 80.3 Å². The molecule has 0 spiro atoms. The Morgan fingerprint density at radius 3 is 2.69 bits per heavy atom. The minimum Gasteiger partial charge on any atom is -0.387 e. The quantitative estimate of drug-likeness (QED) is 0.441. The summed E-state index contributed by atoms with van der Waals surface area (Å²) in [5.41, 5.74) is -1.45. The molecular weight excluding hydrogens is 186 g/mol. The topological polar surface area (TPSA) is 49.7 Å². The van der Waals surface area contributed by atoms with Gasteiger partial charge in [-0.2, -0.15) is 9.12 Å². The summed E-state index contributed by atoms with van der Waals surface area (Å²) in [4.78, 5) is 0. The van der Waals surface area contributed by atoms with Gasteiger partial charge >= 0.3 is 0 Å². The first kappa shape index (κ1) is 8.66. The standard InChI is InChI=1S/C8H13BO3P/c10-7-1-4-2-8(4,11)6(7)12-5(3-7)9-13/h4-6,10-11H,1-3,13H2/t4-,5-,6+,7+,8-/m1/s1. The molecule has 71 valence electrons. The highest BCUT2D eigenvalue weighted by molar-refractivity contribution is 7.55. The number of fused-ring (bicyclic) bond motifs is 3. The van der Waals surface area contributed by atoms with Crippen LogP contribution >= 0.6 is 9.12 Å². The predicted octanol–water partition coefficient (Wildman–Crippen LogP) is -0.518. The Bertz CT molecular complexity index is 264. The van der Waals surface area contributed by atoms with Crippen molar-refractivity contribution in [3.63, 3.8) is 0 Å². The predicted molar refractivity (Wildman–Crippen MR) is 51.4 cm³/mol. The number of hydrogen-bond acceptors (Lipinski definition) is 3. The molecule has 1 aliphatic heterocycles. The fraction of sp³-hybridized carbons (Fsp3) is 1.00. The highest BCUT2D eigenvalue weighted by Gasteiger charge is 2.74. The van der Waals surface area contributed by atoms with E-state index in [1.807, 2.05) is 7.00 Å². The van der Waals surface area contributed by atoms with E-state index in [0.29, 0.717) is 12.8 Å². The number of ether oxygens (including phenoxy) is 1. The van der Waals surface area contributed by atoms with Crippen molar-refractivity contribution in [3.8, 4) is 0 Å². The van der Waals surface area contributed by atoms with Crippen LogP contribution in [0.5, 0.6) is 0 Å². The van der Waals surface area contributed by atoms with E-state index in [9.17, 15) is 10.2 Å². The van der Waals surface area contributed by atoms with Crippen LogP contribution in [0.25, 0.3) is 0 Å². The Kier molecular flexibility index (Phi) is 1.53.